The Morgan fingerprint density at radius 3 is 2.45 bits per heavy atom. The number of rotatable bonds is 4. The van der Waals surface area contributed by atoms with Crippen molar-refractivity contribution in [3.63, 3.8) is 0 Å². The summed E-state index contributed by atoms with van der Waals surface area (Å²) in [4.78, 5) is 9.18. The summed E-state index contributed by atoms with van der Waals surface area (Å²) >= 11 is 0. The van der Waals surface area contributed by atoms with E-state index >= 15 is 0 Å². The molecule has 1 aliphatic rings. The number of ether oxygens (including phenoxy) is 1. The van der Waals surface area contributed by atoms with Gasteiger partial charge in [-0.25, -0.2) is 9.97 Å². The molecule has 1 aromatic heterocycles. The van der Waals surface area contributed by atoms with Crippen molar-refractivity contribution in [3.8, 4) is 0 Å². The zero-order valence-electron chi connectivity index (χ0n) is 12.9. The monoisotopic (exact) mass is 278 g/mol. The highest BCUT2D eigenvalue weighted by molar-refractivity contribution is 5.20. The molecule has 0 aliphatic heterocycles. The first kappa shape index (κ1) is 15.4. The fraction of sp³-hybridized carbons (Fsp3) is 0.750. The maximum Gasteiger partial charge on any atom is 0.160 e. The van der Waals surface area contributed by atoms with Gasteiger partial charge in [0.2, 0.25) is 0 Å². The minimum atomic E-state index is -0.527. The minimum Gasteiger partial charge on any atom is -0.389 e. The zero-order chi connectivity index (χ0) is 14.6. The molecule has 1 N–H and O–H groups in total. The molecule has 1 aromatic rings. The molecule has 4 nitrogen and oxygen atoms in total. The summed E-state index contributed by atoms with van der Waals surface area (Å²) in [5.74, 6) is 0.795. The first-order valence-electron chi connectivity index (χ1n) is 7.75. The van der Waals surface area contributed by atoms with Gasteiger partial charge in [-0.3, -0.25) is 0 Å². The Morgan fingerprint density at radius 1 is 1.30 bits per heavy atom. The molecular formula is C16H26N2O2. The van der Waals surface area contributed by atoms with Crippen molar-refractivity contribution < 1.29 is 9.84 Å². The van der Waals surface area contributed by atoms with E-state index in [1.165, 1.54) is 25.7 Å². The Kier molecular flexibility index (Phi) is 5.11. The third-order valence-electron chi connectivity index (χ3n) is 4.21. The summed E-state index contributed by atoms with van der Waals surface area (Å²) < 4.78 is 6.10. The molecule has 0 bridgehead atoms. The Morgan fingerprint density at radius 2 is 1.95 bits per heavy atom. The van der Waals surface area contributed by atoms with E-state index in [0.717, 1.165) is 29.9 Å². The molecule has 0 saturated heterocycles. The number of hydrogen-bond acceptors (Lipinski definition) is 4. The third-order valence-corrected chi connectivity index (χ3v) is 4.21. The maximum absolute atomic E-state index is 9.71. The molecular weight excluding hydrogens is 252 g/mol. The van der Waals surface area contributed by atoms with Gasteiger partial charge in [0.15, 0.2) is 5.82 Å². The van der Waals surface area contributed by atoms with E-state index in [-0.39, 0.29) is 5.60 Å². The van der Waals surface area contributed by atoms with Crippen molar-refractivity contribution in [3.05, 3.63) is 23.3 Å². The Labute approximate surface area is 121 Å². The van der Waals surface area contributed by atoms with Crippen LogP contribution in [0.2, 0.25) is 0 Å². The van der Waals surface area contributed by atoms with Gasteiger partial charge in [-0.15, -0.1) is 0 Å². The van der Waals surface area contributed by atoms with Gasteiger partial charge in [0.05, 0.1) is 6.10 Å². The van der Waals surface area contributed by atoms with E-state index in [4.69, 9.17) is 4.74 Å². The fourth-order valence-corrected chi connectivity index (χ4v) is 3.11. The highest BCUT2D eigenvalue weighted by atomic mass is 16.5. The number of aliphatic hydroxyl groups excluding tert-OH is 1. The summed E-state index contributed by atoms with van der Waals surface area (Å²) in [6.45, 7) is 6.39. The molecule has 0 spiro atoms. The van der Waals surface area contributed by atoms with Crippen molar-refractivity contribution in [1.29, 1.82) is 0 Å². The molecule has 1 saturated carbocycles. The lowest BCUT2D eigenvalue weighted by Crippen LogP contribution is -2.32. The Hall–Kier alpha value is -1.00. The highest BCUT2D eigenvalue weighted by Gasteiger charge is 2.36. The average molecular weight is 278 g/mol. The predicted octanol–water partition coefficient (Wildman–Crippen LogP) is 3.42. The van der Waals surface area contributed by atoms with Gasteiger partial charge in [0, 0.05) is 24.1 Å². The molecule has 1 atom stereocenters. The molecule has 1 fully saturated rings. The van der Waals surface area contributed by atoms with Crippen LogP contribution in [0.4, 0.5) is 0 Å². The first-order valence-corrected chi connectivity index (χ1v) is 7.75. The number of nitrogens with zero attached hydrogens (tertiary/aromatic N) is 2. The molecule has 20 heavy (non-hydrogen) atoms. The number of aliphatic hydroxyl groups is 1. The largest absolute Gasteiger partial charge is 0.389 e. The van der Waals surface area contributed by atoms with Crippen molar-refractivity contribution in [1.82, 2.24) is 9.97 Å². The second-order valence-electron chi connectivity index (χ2n) is 5.75. The van der Waals surface area contributed by atoms with Crippen molar-refractivity contribution in [2.45, 2.75) is 71.0 Å². The van der Waals surface area contributed by atoms with E-state index in [0.29, 0.717) is 6.61 Å². The lowest BCUT2D eigenvalue weighted by Gasteiger charge is -2.31. The zero-order valence-corrected chi connectivity index (χ0v) is 12.9. The van der Waals surface area contributed by atoms with Crippen LogP contribution in [0, 0.1) is 6.92 Å². The van der Waals surface area contributed by atoms with Crippen molar-refractivity contribution >= 4 is 0 Å². The van der Waals surface area contributed by atoms with Crippen LogP contribution in [0.5, 0.6) is 0 Å². The van der Waals surface area contributed by atoms with Crippen LogP contribution in [0.1, 0.15) is 75.6 Å². The molecule has 1 aliphatic carbocycles. The molecule has 1 heterocycles. The van der Waals surface area contributed by atoms with Crippen molar-refractivity contribution in [2.24, 2.45) is 0 Å². The molecule has 2 rings (SSSR count). The quantitative estimate of drug-likeness (QED) is 0.857. The normalized spacial score (nSPS) is 20.4. The van der Waals surface area contributed by atoms with E-state index in [1.807, 2.05) is 13.8 Å². The summed E-state index contributed by atoms with van der Waals surface area (Å²) in [7, 11) is 0. The SMILES string of the molecule is CCOC1(c2ncc([C@H](C)O)c(C)n2)CCCCCC1. The maximum atomic E-state index is 9.71. The van der Waals surface area contributed by atoms with Gasteiger partial charge < -0.3 is 9.84 Å². The summed E-state index contributed by atoms with van der Waals surface area (Å²) in [6, 6.07) is 0. The standard InChI is InChI=1S/C16H26N2O2/c1-4-20-16(9-7-5-6-8-10-16)15-17-11-14(13(3)19)12(2)18-15/h11,13,19H,4-10H2,1-3H3/t13-/m0/s1. The van der Waals surface area contributed by atoms with Gasteiger partial charge in [0.1, 0.15) is 5.60 Å². The molecule has 4 heteroatoms. The topological polar surface area (TPSA) is 55.2 Å². The van der Waals surface area contributed by atoms with Gasteiger partial charge >= 0.3 is 0 Å². The molecule has 112 valence electrons. The van der Waals surface area contributed by atoms with Crippen LogP contribution in [-0.4, -0.2) is 21.7 Å². The molecule has 0 unspecified atom stereocenters. The Balaban J connectivity index is 2.35. The number of aryl methyl sites for hydroxylation is 1. The molecule has 0 aromatic carbocycles. The Bertz CT molecular complexity index is 438. The van der Waals surface area contributed by atoms with E-state index in [9.17, 15) is 5.11 Å². The summed E-state index contributed by atoms with van der Waals surface area (Å²) in [5.41, 5.74) is 1.33. The van der Waals surface area contributed by atoms with E-state index in [2.05, 4.69) is 9.97 Å². The van der Waals surface area contributed by atoms with Gasteiger partial charge in [-0.1, -0.05) is 25.7 Å². The lowest BCUT2D eigenvalue weighted by molar-refractivity contribution is -0.0626. The second kappa shape index (κ2) is 6.64. The fourth-order valence-electron chi connectivity index (χ4n) is 3.11. The summed E-state index contributed by atoms with van der Waals surface area (Å²) in [5, 5.41) is 9.71. The van der Waals surface area contributed by atoms with E-state index in [1.54, 1.807) is 13.1 Å². The summed E-state index contributed by atoms with van der Waals surface area (Å²) in [6.07, 6.45) is 8.08. The third kappa shape index (κ3) is 3.18. The van der Waals surface area contributed by atoms with Crippen molar-refractivity contribution in [2.75, 3.05) is 6.61 Å². The van der Waals surface area contributed by atoms with Crippen LogP contribution in [0.15, 0.2) is 6.20 Å². The van der Waals surface area contributed by atoms with Gasteiger partial charge in [-0.05, 0) is 33.6 Å². The van der Waals surface area contributed by atoms with Crippen LogP contribution < -0.4 is 0 Å². The van der Waals surface area contributed by atoms with Crippen LogP contribution in [0.3, 0.4) is 0 Å². The van der Waals surface area contributed by atoms with Gasteiger partial charge in [0.25, 0.3) is 0 Å². The first-order chi connectivity index (χ1) is 9.59. The molecule has 0 amide bonds. The highest BCUT2D eigenvalue weighted by Crippen LogP contribution is 2.38. The number of hydrogen-bond donors (Lipinski definition) is 1. The number of aromatic nitrogens is 2. The van der Waals surface area contributed by atoms with Crippen LogP contribution in [-0.2, 0) is 10.3 Å². The minimum absolute atomic E-state index is 0.326. The predicted molar refractivity (Wildman–Crippen MR) is 78.4 cm³/mol. The average Bonchev–Trinajstić information content (AvgIpc) is 2.65. The second-order valence-corrected chi connectivity index (χ2v) is 5.75. The van der Waals surface area contributed by atoms with Crippen LogP contribution in [0.25, 0.3) is 0 Å². The smallest absolute Gasteiger partial charge is 0.160 e. The lowest BCUT2D eigenvalue weighted by atomic mass is 9.92. The van der Waals surface area contributed by atoms with E-state index < -0.39 is 6.10 Å². The van der Waals surface area contributed by atoms with Gasteiger partial charge in [-0.2, -0.15) is 0 Å². The van der Waals surface area contributed by atoms with Crippen LogP contribution >= 0.6 is 0 Å². The molecule has 0 radical (unpaired) electrons.